The number of benzene rings is 1. The van der Waals surface area contributed by atoms with Crippen molar-refractivity contribution in [2.75, 3.05) is 40.8 Å². The van der Waals surface area contributed by atoms with Crippen molar-refractivity contribution in [2.45, 2.75) is 25.0 Å². The molecule has 0 saturated carbocycles. The quantitative estimate of drug-likeness (QED) is 0.875. The van der Waals surface area contributed by atoms with Gasteiger partial charge in [0.25, 0.3) is 0 Å². The number of hydrogen-bond donors (Lipinski definition) is 1. The minimum absolute atomic E-state index is 0.340. The van der Waals surface area contributed by atoms with E-state index in [0.29, 0.717) is 12.5 Å². The van der Waals surface area contributed by atoms with E-state index < -0.39 is 0 Å². The van der Waals surface area contributed by atoms with Gasteiger partial charge in [-0.2, -0.15) is 0 Å². The van der Waals surface area contributed by atoms with Gasteiger partial charge in [0, 0.05) is 30.1 Å². The Bertz CT molecular complexity index is 470. The van der Waals surface area contributed by atoms with Crippen molar-refractivity contribution in [3.05, 3.63) is 28.2 Å². The van der Waals surface area contributed by atoms with Crippen LogP contribution in [0.2, 0.25) is 0 Å². The lowest BCUT2D eigenvalue weighted by atomic mass is 9.99. The summed E-state index contributed by atoms with van der Waals surface area (Å²) in [6.45, 7) is 3.19. The fraction of sp³-hybridized carbons (Fsp3) is 0.625. The molecule has 2 atom stereocenters. The van der Waals surface area contributed by atoms with Gasteiger partial charge in [0.05, 0.1) is 13.2 Å². The summed E-state index contributed by atoms with van der Waals surface area (Å²) in [5, 5.41) is 10.4. The number of aliphatic hydroxyl groups is 1. The summed E-state index contributed by atoms with van der Waals surface area (Å²) >= 11 is 3.55. The number of nitrogens with zero attached hydrogens (tertiary/aromatic N) is 2. The zero-order chi connectivity index (χ0) is 15.4. The highest BCUT2D eigenvalue weighted by Crippen LogP contribution is 2.25. The molecule has 1 saturated heterocycles. The van der Waals surface area contributed by atoms with E-state index in [2.05, 4.69) is 39.8 Å². The number of hydrogen-bond acceptors (Lipinski definition) is 4. The van der Waals surface area contributed by atoms with Crippen molar-refractivity contribution in [2.24, 2.45) is 0 Å². The van der Waals surface area contributed by atoms with Gasteiger partial charge in [-0.25, -0.2) is 0 Å². The third-order valence-corrected chi connectivity index (χ3v) is 5.01. The normalized spacial score (nSPS) is 22.2. The van der Waals surface area contributed by atoms with Crippen LogP contribution in [0.1, 0.15) is 12.0 Å². The molecule has 2 rings (SSSR count). The first-order valence-electron chi connectivity index (χ1n) is 7.39. The lowest BCUT2D eigenvalue weighted by Gasteiger charge is -2.38. The summed E-state index contributed by atoms with van der Waals surface area (Å²) in [7, 11) is 5.95. The number of piperazine rings is 1. The third kappa shape index (κ3) is 4.68. The van der Waals surface area contributed by atoms with Crippen LogP contribution >= 0.6 is 15.9 Å². The number of methoxy groups -OCH3 is 1. The maximum Gasteiger partial charge on any atom is 0.119 e. The Morgan fingerprint density at radius 3 is 2.86 bits per heavy atom. The highest BCUT2D eigenvalue weighted by Gasteiger charge is 2.24. The second-order valence-electron chi connectivity index (χ2n) is 5.95. The summed E-state index contributed by atoms with van der Waals surface area (Å²) < 4.78 is 6.28. The SMILES string of the molecule is COc1ccc(Br)c(CC(O)CC2CN(C)CCN2C)c1. The van der Waals surface area contributed by atoms with Crippen molar-refractivity contribution < 1.29 is 9.84 Å². The summed E-state index contributed by atoms with van der Waals surface area (Å²) in [4.78, 5) is 4.68. The molecule has 1 N–H and O–H groups in total. The van der Waals surface area contributed by atoms with E-state index >= 15 is 0 Å². The van der Waals surface area contributed by atoms with E-state index in [9.17, 15) is 5.11 Å². The van der Waals surface area contributed by atoms with Gasteiger partial charge in [-0.15, -0.1) is 0 Å². The molecule has 1 fully saturated rings. The molecule has 0 spiro atoms. The number of ether oxygens (including phenoxy) is 1. The Labute approximate surface area is 135 Å². The predicted octanol–water partition coefficient (Wildman–Crippen LogP) is 2.00. The Morgan fingerprint density at radius 1 is 1.38 bits per heavy atom. The van der Waals surface area contributed by atoms with Crippen LogP contribution in [0.5, 0.6) is 5.75 Å². The number of likely N-dealkylation sites (N-methyl/N-ethyl adjacent to an activating group) is 2. The Hall–Kier alpha value is -0.620. The monoisotopic (exact) mass is 356 g/mol. The molecule has 0 aromatic heterocycles. The van der Waals surface area contributed by atoms with Gasteiger partial charge in [0.2, 0.25) is 0 Å². The minimum atomic E-state index is -0.340. The molecule has 0 amide bonds. The van der Waals surface area contributed by atoms with E-state index in [0.717, 1.165) is 41.8 Å². The lowest BCUT2D eigenvalue weighted by molar-refractivity contribution is 0.0638. The second-order valence-corrected chi connectivity index (χ2v) is 6.80. The van der Waals surface area contributed by atoms with Gasteiger partial charge < -0.3 is 19.6 Å². The van der Waals surface area contributed by atoms with Gasteiger partial charge in [0.1, 0.15) is 5.75 Å². The van der Waals surface area contributed by atoms with Gasteiger partial charge in [-0.3, -0.25) is 0 Å². The van der Waals surface area contributed by atoms with Gasteiger partial charge in [-0.1, -0.05) is 15.9 Å². The number of rotatable bonds is 5. The van der Waals surface area contributed by atoms with Crippen molar-refractivity contribution in [1.29, 1.82) is 0 Å². The first kappa shape index (κ1) is 16.7. The predicted molar refractivity (Wildman–Crippen MR) is 88.9 cm³/mol. The minimum Gasteiger partial charge on any atom is -0.497 e. The highest BCUT2D eigenvalue weighted by molar-refractivity contribution is 9.10. The molecule has 0 bridgehead atoms. The first-order chi connectivity index (χ1) is 9.99. The molecular weight excluding hydrogens is 332 g/mol. The van der Waals surface area contributed by atoms with Gasteiger partial charge in [0.15, 0.2) is 0 Å². The molecule has 4 nitrogen and oxygen atoms in total. The molecule has 118 valence electrons. The summed E-state index contributed by atoms with van der Waals surface area (Å²) in [5.74, 6) is 0.829. The highest BCUT2D eigenvalue weighted by atomic mass is 79.9. The molecule has 1 aliphatic heterocycles. The lowest BCUT2D eigenvalue weighted by Crippen LogP contribution is -2.51. The van der Waals surface area contributed by atoms with Crippen LogP contribution in [-0.2, 0) is 6.42 Å². The molecule has 21 heavy (non-hydrogen) atoms. The average Bonchev–Trinajstić information content (AvgIpc) is 2.45. The standard InChI is InChI=1S/C16H25BrN2O2/c1-18-6-7-19(2)13(11-18)10-14(20)8-12-9-15(21-3)4-5-16(12)17/h4-5,9,13-14,20H,6-8,10-11H2,1-3H3. The molecule has 5 heteroatoms. The Morgan fingerprint density at radius 2 is 2.14 bits per heavy atom. The molecule has 0 aliphatic carbocycles. The molecule has 2 unspecified atom stereocenters. The maximum absolute atomic E-state index is 10.4. The Balaban J connectivity index is 1.96. The fourth-order valence-corrected chi connectivity index (χ4v) is 3.25. The van der Waals surface area contributed by atoms with Crippen LogP contribution in [0.25, 0.3) is 0 Å². The van der Waals surface area contributed by atoms with Crippen LogP contribution in [0, 0.1) is 0 Å². The molecule has 1 aromatic rings. The molecule has 0 radical (unpaired) electrons. The zero-order valence-corrected chi connectivity index (χ0v) is 14.6. The van der Waals surface area contributed by atoms with E-state index in [-0.39, 0.29) is 6.10 Å². The largest absolute Gasteiger partial charge is 0.497 e. The van der Waals surface area contributed by atoms with Gasteiger partial charge >= 0.3 is 0 Å². The van der Waals surface area contributed by atoms with E-state index in [1.165, 1.54) is 0 Å². The molecule has 1 aromatic carbocycles. The third-order valence-electron chi connectivity index (χ3n) is 4.23. The second kappa shape index (κ2) is 7.58. The van der Waals surface area contributed by atoms with Crippen molar-refractivity contribution in [3.63, 3.8) is 0 Å². The first-order valence-corrected chi connectivity index (χ1v) is 8.18. The summed E-state index contributed by atoms with van der Waals surface area (Å²) in [6, 6.07) is 6.30. The van der Waals surface area contributed by atoms with Crippen molar-refractivity contribution >= 4 is 15.9 Å². The van der Waals surface area contributed by atoms with Crippen LogP contribution < -0.4 is 4.74 Å². The van der Waals surface area contributed by atoms with E-state index in [4.69, 9.17) is 4.74 Å². The topological polar surface area (TPSA) is 35.9 Å². The van der Waals surface area contributed by atoms with Gasteiger partial charge in [-0.05, 0) is 50.7 Å². The average molecular weight is 357 g/mol. The molecular formula is C16H25BrN2O2. The van der Waals surface area contributed by atoms with Crippen LogP contribution in [0.4, 0.5) is 0 Å². The maximum atomic E-state index is 10.4. The summed E-state index contributed by atoms with van der Waals surface area (Å²) in [5.41, 5.74) is 1.09. The smallest absolute Gasteiger partial charge is 0.119 e. The van der Waals surface area contributed by atoms with Crippen LogP contribution in [0.3, 0.4) is 0 Å². The van der Waals surface area contributed by atoms with Crippen LogP contribution in [-0.4, -0.2) is 67.9 Å². The number of halogens is 1. The van der Waals surface area contributed by atoms with E-state index in [1.807, 2.05) is 18.2 Å². The van der Waals surface area contributed by atoms with E-state index in [1.54, 1.807) is 7.11 Å². The van der Waals surface area contributed by atoms with Crippen LogP contribution in [0.15, 0.2) is 22.7 Å². The molecule has 1 heterocycles. The van der Waals surface area contributed by atoms with Crippen molar-refractivity contribution in [1.82, 2.24) is 9.80 Å². The fourth-order valence-electron chi connectivity index (χ4n) is 2.84. The zero-order valence-electron chi connectivity index (χ0n) is 13.1. The number of aliphatic hydroxyl groups excluding tert-OH is 1. The van der Waals surface area contributed by atoms with Crippen molar-refractivity contribution in [3.8, 4) is 5.75 Å². The summed E-state index contributed by atoms with van der Waals surface area (Å²) in [6.07, 6.45) is 1.10. The Kier molecular flexibility index (Phi) is 6.05. The molecule has 1 aliphatic rings.